The molecule has 0 radical (unpaired) electrons. The van der Waals surface area contributed by atoms with E-state index in [1.54, 1.807) is 13.1 Å². The van der Waals surface area contributed by atoms with E-state index in [0.29, 0.717) is 0 Å². The van der Waals surface area contributed by atoms with Crippen LogP contribution in [0.4, 0.5) is 0 Å². The van der Waals surface area contributed by atoms with Crippen LogP contribution in [0.2, 0.25) is 0 Å². The Labute approximate surface area is 165 Å². The van der Waals surface area contributed by atoms with Crippen molar-refractivity contribution in [1.82, 2.24) is 15.1 Å². The van der Waals surface area contributed by atoms with Gasteiger partial charge in [0.15, 0.2) is 0 Å². The molecule has 0 aliphatic carbocycles. The number of ether oxygens (including phenoxy) is 1. The van der Waals surface area contributed by atoms with Gasteiger partial charge in [0.05, 0.1) is 17.9 Å². The van der Waals surface area contributed by atoms with Crippen molar-refractivity contribution in [3.05, 3.63) is 83.7 Å². The van der Waals surface area contributed by atoms with Crippen molar-refractivity contribution in [3.63, 3.8) is 0 Å². The van der Waals surface area contributed by atoms with E-state index in [0.717, 1.165) is 35.2 Å². The standard InChI is InChI=1S/C23H25N3O2/c1-16-13-20(26-12-6-11-24-26)9-10-21(16)23-15-19(25-17(2)27)14-22(28-23)18-7-4-3-5-8-18/h3-13,19,22-23H,14-15H2,1-2H3,(H,25,27)/t19-,22-,23+/m1/s1. The van der Waals surface area contributed by atoms with E-state index < -0.39 is 0 Å². The van der Waals surface area contributed by atoms with E-state index in [1.165, 1.54) is 0 Å². The second kappa shape index (κ2) is 7.98. The lowest BCUT2D eigenvalue weighted by Gasteiger charge is -2.37. The second-order valence-electron chi connectivity index (χ2n) is 7.38. The first-order chi connectivity index (χ1) is 13.6. The first kappa shape index (κ1) is 18.4. The summed E-state index contributed by atoms with van der Waals surface area (Å²) in [5, 5.41) is 7.41. The molecule has 4 rings (SSSR count). The van der Waals surface area contributed by atoms with Crippen LogP contribution in [0, 0.1) is 6.92 Å². The maximum absolute atomic E-state index is 11.7. The smallest absolute Gasteiger partial charge is 0.217 e. The van der Waals surface area contributed by atoms with E-state index in [4.69, 9.17) is 4.74 Å². The topological polar surface area (TPSA) is 56.2 Å². The van der Waals surface area contributed by atoms with E-state index in [-0.39, 0.29) is 24.2 Å². The van der Waals surface area contributed by atoms with Gasteiger partial charge in [-0.1, -0.05) is 36.4 Å². The van der Waals surface area contributed by atoms with Gasteiger partial charge in [-0.25, -0.2) is 4.68 Å². The van der Waals surface area contributed by atoms with Gasteiger partial charge in [0.25, 0.3) is 0 Å². The summed E-state index contributed by atoms with van der Waals surface area (Å²) in [5.41, 5.74) is 4.49. The van der Waals surface area contributed by atoms with E-state index >= 15 is 0 Å². The molecule has 1 amide bonds. The number of hydrogen-bond acceptors (Lipinski definition) is 3. The van der Waals surface area contributed by atoms with Crippen LogP contribution < -0.4 is 5.32 Å². The number of carbonyl (C=O) groups excluding carboxylic acids is 1. The van der Waals surface area contributed by atoms with Crippen LogP contribution in [0.1, 0.15) is 48.7 Å². The van der Waals surface area contributed by atoms with Crippen molar-refractivity contribution >= 4 is 5.91 Å². The number of amides is 1. The van der Waals surface area contributed by atoms with Gasteiger partial charge in [-0.15, -0.1) is 0 Å². The van der Waals surface area contributed by atoms with Gasteiger partial charge in [0, 0.05) is 25.4 Å². The molecule has 3 atom stereocenters. The first-order valence-corrected chi connectivity index (χ1v) is 9.68. The summed E-state index contributed by atoms with van der Waals surface area (Å²) in [7, 11) is 0. The zero-order chi connectivity index (χ0) is 19.5. The molecule has 1 fully saturated rings. The number of rotatable bonds is 4. The molecule has 1 aromatic heterocycles. The molecule has 2 heterocycles. The van der Waals surface area contributed by atoms with Gasteiger partial charge < -0.3 is 10.1 Å². The molecule has 1 aliphatic rings. The van der Waals surface area contributed by atoms with Crippen molar-refractivity contribution in [2.24, 2.45) is 0 Å². The van der Waals surface area contributed by atoms with E-state index in [9.17, 15) is 4.79 Å². The molecular weight excluding hydrogens is 350 g/mol. The minimum atomic E-state index is -0.0672. The molecule has 5 heteroatoms. The van der Waals surface area contributed by atoms with Crippen molar-refractivity contribution in [2.45, 2.75) is 44.9 Å². The van der Waals surface area contributed by atoms with Gasteiger partial charge in [-0.05, 0) is 54.7 Å². The summed E-state index contributed by atoms with van der Waals surface area (Å²) < 4.78 is 8.36. The molecule has 5 nitrogen and oxygen atoms in total. The average molecular weight is 375 g/mol. The highest BCUT2D eigenvalue weighted by atomic mass is 16.5. The summed E-state index contributed by atoms with van der Waals surface area (Å²) in [4.78, 5) is 11.7. The SMILES string of the molecule is CC(=O)N[C@H]1C[C@@H](c2ccc(-n3cccn3)cc2C)O[C@@H](c2ccccc2)C1. The Kier molecular flexibility index (Phi) is 5.26. The lowest BCUT2D eigenvalue weighted by molar-refractivity contribution is -0.122. The molecule has 1 aliphatic heterocycles. The monoisotopic (exact) mass is 375 g/mol. The molecule has 2 aromatic carbocycles. The molecule has 0 bridgehead atoms. The van der Waals surface area contributed by atoms with Gasteiger partial charge in [0.1, 0.15) is 0 Å². The minimum Gasteiger partial charge on any atom is -0.365 e. The molecule has 0 saturated carbocycles. The number of hydrogen-bond donors (Lipinski definition) is 1. The number of nitrogens with zero attached hydrogens (tertiary/aromatic N) is 2. The summed E-state index contributed by atoms with van der Waals surface area (Å²) in [5.74, 6) is 0.00298. The van der Waals surface area contributed by atoms with Crippen LogP contribution in [0.15, 0.2) is 67.0 Å². The molecular formula is C23H25N3O2. The second-order valence-corrected chi connectivity index (χ2v) is 7.38. The fourth-order valence-corrected chi connectivity index (χ4v) is 4.00. The first-order valence-electron chi connectivity index (χ1n) is 9.68. The Bertz CT molecular complexity index is 938. The number of aromatic nitrogens is 2. The highest BCUT2D eigenvalue weighted by Crippen LogP contribution is 2.40. The number of aryl methyl sites for hydroxylation is 1. The van der Waals surface area contributed by atoms with Crippen LogP contribution in [-0.4, -0.2) is 21.7 Å². The summed E-state index contributed by atoms with van der Waals surface area (Å²) in [6.45, 7) is 3.68. The van der Waals surface area contributed by atoms with Crippen LogP contribution in [0.3, 0.4) is 0 Å². The van der Waals surface area contributed by atoms with Crippen LogP contribution in [0.5, 0.6) is 0 Å². The fourth-order valence-electron chi connectivity index (χ4n) is 4.00. The zero-order valence-corrected chi connectivity index (χ0v) is 16.2. The predicted molar refractivity (Wildman–Crippen MR) is 108 cm³/mol. The largest absolute Gasteiger partial charge is 0.365 e. The van der Waals surface area contributed by atoms with Crippen molar-refractivity contribution in [1.29, 1.82) is 0 Å². The number of benzene rings is 2. The van der Waals surface area contributed by atoms with Crippen molar-refractivity contribution < 1.29 is 9.53 Å². The van der Waals surface area contributed by atoms with Gasteiger partial charge in [0.2, 0.25) is 5.91 Å². The van der Waals surface area contributed by atoms with E-state index in [2.05, 4.69) is 47.7 Å². The molecule has 0 unspecified atom stereocenters. The van der Waals surface area contributed by atoms with Gasteiger partial charge in [-0.3, -0.25) is 4.79 Å². The van der Waals surface area contributed by atoms with Gasteiger partial charge in [-0.2, -0.15) is 5.10 Å². The average Bonchev–Trinajstić information content (AvgIpc) is 3.22. The minimum absolute atomic E-state index is 0.00298. The molecule has 3 aromatic rings. The Balaban J connectivity index is 1.62. The summed E-state index contributed by atoms with van der Waals surface area (Å²) in [6.07, 6.45) is 5.15. The van der Waals surface area contributed by atoms with E-state index in [1.807, 2.05) is 35.1 Å². The van der Waals surface area contributed by atoms with Crippen LogP contribution >= 0.6 is 0 Å². The Morgan fingerprint density at radius 2 is 1.89 bits per heavy atom. The molecule has 1 N–H and O–H groups in total. The number of nitrogens with one attached hydrogen (secondary N) is 1. The lowest BCUT2D eigenvalue weighted by Crippen LogP contribution is -2.39. The predicted octanol–water partition coefficient (Wildman–Crippen LogP) is 4.28. The third-order valence-corrected chi connectivity index (χ3v) is 5.27. The molecule has 144 valence electrons. The fraction of sp³-hybridized carbons (Fsp3) is 0.304. The van der Waals surface area contributed by atoms with Crippen LogP contribution in [0.25, 0.3) is 5.69 Å². The maximum Gasteiger partial charge on any atom is 0.217 e. The Morgan fingerprint density at radius 1 is 1.11 bits per heavy atom. The third kappa shape index (κ3) is 3.99. The lowest BCUT2D eigenvalue weighted by atomic mass is 9.89. The summed E-state index contributed by atoms with van der Waals surface area (Å²) in [6, 6.07) is 18.6. The normalized spacial score (nSPS) is 22.0. The Hall–Kier alpha value is -2.92. The quantitative estimate of drug-likeness (QED) is 0.741. The Morgan fingerprint density at radius 3 is 2.57 bits per heavy atom. The van der Waals surface area contributed by atoms with Crippen LogP contribution in [-0.2, 0) is 9.53 Å². The molecule has 28 heavy (non-hydrogen) atoms. The molecule has 1 saturated heterocycles. The summed E-state index contributed by atoms with van der Waals surface area (Å²) >= 11 is 0. The highest BCUT2D eigenvalue weighted by Gasteiger charge is 2.32. The number of carbonyl (C=O) groups is 1. The third-order valence-electron chi connectivity index (χ3n) is 5.27. The highest BCUT2D eigenvalue weighted by molar-refractivity contribution is 5.73. The van der Waals surface area contributed by atoms with Crippen molar-refractivity contribution in [2.75, 3.05) is 0 Å². The maximum atomic E-state index is 11.7. The van der Waals surface area contributed by atoms with Crippen molar-refractivity contribution in [3.8, 4) is 5.69 Å². The van der Waals surface area contributed by atoms with Gasteiger partial charge >= 0.3 is 0 Å². The zero-order valence-electron chi connectivity index (χ0n) is 16.2. The molecule has 0 spiro atoms.